The summed E-state index contributed by atoms with van der Waals surface area (Å²) in [6.45, 7) is 0. The quantitative estimate of drug-likeness (QED) is 0.308. The zero-order chi connectivity index (χ0) is 24.9. The van der Waals surface area contributed by atoms with E-state index in [2.05, 4.69) is 14.7 Å². The molecule has 1 fully saturated rings. The van der Waals surface area contributed by atoms with E-state index in [1.807, 2.05) is 4.68 Å². The summed E-state index contributed by atoms with van der Waals surface area (Å²) in [6, 6.07) is 6.66. The van der Waals surface area contributed by atoms with Gasteiger partial charge in [0.1, 0.15) is 28.6 Å². The molecule has 5 rings (SSSR count). The predicted octanol–water partition coefficient (Wildman–Crippen LogP) is 6.09. The molecule has 3 N–H and O–H groups in total. The van der Waals surface area contributed by atoms with Gasteiger partial charge < -0.3 is 5.73 Å². The van der Waals surface area contributed by atoms with Crippen molar-refractivity contribution in [3.8, 4) is 11.3 Å². The molecule has 0 saturated heterocycles. The van der Waals surface area contributed by atoms with E-state index in [-0.39, 0.29) is 32.6 Å². The maximum atomic E-state index is 15.1. The molecule has 182 valence electrons. The fourth-order valence-electron chi connectivity index (χ4n) is 4.33. The van der Waals surface area contributed by atoms with E-state index in [0.717, 1.165) is 25.7 Å². The summed E-state index contributed by atoms with van der Waals surface area (Å²) < 4.78 is 44.9. The molecule has 2 heterocycles. The van der Waals surface area contributed by atoms with E-state index in [1.165, 1.54) is 30.6 Å². The minimum atomic E-state index is -4.31. The number of benzene rings is 2. The number of aromatic nitrogens is 4. The fraction of sp³-hybridized carbons (Fsp3) is 0.227. The number of anilines is 2. The molecule has 0 radical (unpaired) electrons. The van der Waals surface area contributed by atoms with E-state index < -0.39 is 20.7 Å². The highest BCUT2D eigenvalue weighted by Crippen LogP contribution is 2.38. The molecule has 2 aromatic carbocycles. The van der Waals surface area contributed by atoms with Crippen LogP contribution in [0.25, 0.3) is 22.3 Å². The minimum absolute atomic E-state index is 0.169. The normalized spacial score (nSPS) is 14.6. The summed E-state index contributed by atoms with van der Waals surface area (Å²) in [4.78, 5) is 8.04. The summed E-state index contributed by atoms with van der Waals surface area (Å²) in [5.74, 6) is -0.599. The van der Waals surface area contributed by atoms with Crippen LogP contribution >= 0.6 is 34.8 Å². The van der Waals surface area contributed by atoms with Gasteiger partial charge in [0.25, 0.3) is 10.0 Å². The zero-order valence-corrected chi connectivity index (χ0v) is 21.1. The van der Waals surface area contributed by atoms with Crippen LogP contribution in [0.4, 0.5) is 15.9 Å². The minimum Gasteiger partial charge on any atom is -0.383 e. The van der Waals surface area contributed by atoms with Crippen LogP contribution in [0, 0.1) is 5.82 Å². The Bertz CT molecular complexity index is 1550. The molecule has 0 spiro atoms. The molecular formula is C22H18Cl3FN6O2S. The van der Waals surface area contributed by atoms with E-state index in [0.29, 0.717) is 22.3 Å². The monoisotopic (exact) mass is 554 g/mol. The van der Waals surface area contributed by atoms with Gasteiger partial charge >= 0.3 is 0 Å². The number of hydrogen-bond acceptors (Lipinski definition) is 6. The van der Waals surface area contributed by atoms with Crippen molar-refractivity contribution in [1.29, 1.82) is 0 Å². The Morgan fingerprint density at radius 3 is 2.40 bits per heavy atom. The van der Waals surface area contributed by atoms with Crippen molar-refractivity contribution in [2.75, 3.05) is 10.5 Å². The molecule has 0 bridgehead atoms. The first-order valence-electron chi connectivity index (χ1n) is 10.6. The molecule has 2 aromatic heterocycles. The average molecular weight is 556 g/mol. The molecule has 1 aliphatic rings. The third kappa shape index (κ3) is 4.40. The molecule has 0 atom stereocenters. The largest absolute Gasteiger partial charge is 0.383 e. The van der Waals surface area contributed by atoms with Crippen LogP contribution in [0.3, 0.4) is 0 Å². The van der Waals surface area contributed by atoms with Crippen molar-refractivity contribution in [3.63, 3.8) is 0 Å². The molecule has 35 heavy (non-hydrogen) atoms. The topological polar surface area (TPSA) is 116 Å². The number of sulfonamides is 1. The Hall–Kier alpha value is -2.66. The summed E-state index contributed by atoms with van der Waals surface area (Å²) in [5.41, 5.74) is 7.24. The fourth-order valence-corrected chi connectivity index (χ4v) is 6.94. The Morgan fingerprint density at radius 1 is 1.06 bits per heavy atom. The van der Waals surface area contributed by atoms with Crippen LogP contribution in [-0.2, 0) is 10.0 Å². The smallest absolute Gasteiger partial charge is 0.264 e. The van der Waals surface area contributed by atoms with E-state index >= 15 is 4.39 Å². The summed E-state index contributed by atoms with van der Waals surface area (Å²) in [5, 5.41) is 5.02. The lowest BCUT2D eigenvalue weighted by molar-refractivity contribution is 0.479. The third-order valence-electron chi connectivity index (χ3n) is 5.91. The summed E-state index contributed by atoms with van der Waals surface area (Å²) in [7, 11) is -4.31. The van der Waals surface area contributed by atoms with Gasteiger partial charge in [0.05, 0.1) is 27.2 Å². The lowest BCUT2D eigenvalue weighted by atomic mass is 10.1. The number of nitrogens with two attached hydrogens (primary N) is 1. The van der Waals surface area contributed by atoms with Crippen LogP contribution in [-0.4, -0.2) is 28.2 Å². The van der Waals surface area contributed by atoms with E-state index in [9.17, 15) is 8.42 Å². The van der Waals surface area contributed by atoms with Crippen LogP contribution in [0.15, 0.2) is 41.6 Å². The van der Waals surface area contributed by atoms with Gasteiger partial charge in [0.2, 0.25) is 0 Å². The molecule has 0 unspecified atom stereocenters. The number of halogens is 4. The van der Waals surface area contributed by atoms with Crippen LogP contribution in [0.1, 0.15) is 31.7 Å². The molecular weight excluding hydrogens is 538 g/mol. The molecule has 0 amide bonds. The van der Waals surface area contributed by atoms with Crippen molar-refractivity contribution in [1.82, 2.24) is 19.7 Å². The van der Waals surface area contributed by atoms with E-state index in [1.54, 1.807) is 6.07 Å². The number of rotatable bonds is 5. The van der Waals surface area contributed by atoms with Gasteiger partial charge in [0, 0.05) is 10.6 Å². The van der Waals surface area contributed by atoms with Gasteiger partial charge in [-0.25, -0.2) is 27.5 Å². The summed E-state index contributed by atoms with van der Waals surface area (Å²) >= 11 is 17.9. The second-order valence-electron chi connectivity index (χ2n) is 8.19. The number of fused-ring (bicyclic) bond motifs is 1. The SMILES string of the molecule is Nc1ncnc2c1c(-c1ccc(NS(=O)(=O)c3c(Cl)cc(Cl)cc3Cl)c(F)c1)nn2C1CCCC1. The highest BCUT2D eigenvalue weighted by molar-refractivity contribution is 7.93. The first-order chi connectivity index (χ1) is 16.7. The lowest BCUT2D eigenvalue weighted by Gasteiger charge is -2.13. The van der Waals surface area contributed by atoms with Gasteiger partial charge in [-0.05, 0) is 37.1 Å². The van der Waals surface area contributed by atoms with Gasteiger partial charge in [-0.1, -0.05) is 53.7 Å². The molecule has 8 nitrogen and oxygen atoms in total. The van der Waals surface area contributed by atoms with Crippen molar-refractivity contribution >= 4 is 67.4 Å². The standard InChI is InChI=1S/C22H18Cl3FN6O2S/c23-12-8-14(24)20(15(25)9-12)35(33,34)31-17-6-5-11(7-16(17)26)19-18-21(27)28-10-29-22(18)32(30-19)13-3-1-2-4-13/h5-10,13,31H,1-4H2,(H2,27,28,29). The molecule has 0 aliphatic heterocycles. The highest BCUT2D eigenvalue weighted by atomic mass is 35.5. The lowest BCUT2D eigenvalue weighted by Crippen LogP contribution is -2.15. The molecule has 4 aromatic rings. The average Bonchev–Trinajstić information content (AvgIpc) is 3.42. The zero-order valence-electron chi connectivity index (χ0n) is 18.0. The predicted molar refractivity (Wildman–Crippen MR) is 135 cm³/mol. The second kappa shape index (κ2) is 9.09. The van der Waals surface area contributed by atoms with Crippen molar-refractivity contribution in [3.05, 3.63) is 57.5 Å². The Balaban J connectivity index is 1.54. The van der Waals surface area contributed by atoms with Crippen LogP contribution in [0.5, 0.6) is 0 Å². The van der Waals surface area contributed by atoms with Gasteiger partial charge in [-0.15, -0.1) is 0 Å². The summed E-state index contributed by atoms with van der Waals surface area (Å²) in [6.07, 6.45) is 5.48. The number of nitrogen functional groups attached to an aromatic ring is 1. The van der Waals surface area contributed by atoms with Crippen molar-refractivity contribution < 1.29 is 12.8 Å². The van der Waals surface area contributed by atoms with Crippen molar-refractivity contribution in [2.45, 2.75) is 36.6 Å². The first-order valence-corrected chi connectivity index (χ1v) is 13.2. The van der Waals surface area contributed by atoms with Crippen molar-refractivity contribution in [2.24, 2.45) is 0 Å². The second-order valence-corrected chi connectivity index (χ2v) is 11.1. The Morgan fingerprint density at radius 2 is 1.74 bits per heavy atom. The maximum Gasteiger partial charge on any atom is 0.264 e. The molecule has 13 heteroatoms. The molecule has 1 aliphatic carbocycles. The Labute approximate surface area is 215 Å². The Kier molecular flexibility index (Phi) is 6.25. The van der Waals surface area contributed by atoms with E-state index in [4.69, 9.17) is 45.6 Å². The van der Waals surface area contributed by atoms with Gasteiger partial charge in [-0.2, -0.15) is 5.10 Å². The number of nitrogens with one attached hydrogen (secondary N) is 1. The number of hydrogen-bond donors (Lipinski definition) is 2. The maximum absolute atomic E-state index is 15.1. The molecule has 1 saturated carbocycles. The van der Waals surface area contributed by atoms with Gasteiger partial charge in [-0.3, -0.25) is 4.72 Å². The van der Waals surface area contributed by atoms with Crippen LogP contribution in [0.2, 0.25) is 15.1 Å². The van der Waals surface area contributed by atoms with Gasteiger partial charge in [0.15, 0.2) is 5.65 Å². The number of nitrogens with zero attached hydrogens (tertiary/aromatic N) is 4. The highest BCUT2D eigenvalue weighted by Gasteiger charge is 2.26. The van der Waals surface area contributed by atoms with Crippen LogP contribution < -0.4 is 10.5 Å². The first kappa shape index (κ1) is 24.1. The third-order valence-corrected chi connectivity index (χ3v) is 8.41.